The quantitative estimate of drug-likeness (QED) is 0.812. The van der Waals surface area contributed by atoms with Crippen LogP contribution in [0.15, 0.2) is 23.4 Å². The molecule has 3 heterocycles. The highest BCUT2D eigenvalue weighted by molar-refractivity contribution is 7.89. The molecule has 0 unspecified atom stereocenters. The number of carbonyl (C=O) groups excluding carboxylic acids is 1. The summed E-state index contributed by atoms with van der Waals surface area (Å²) >= 11 is 0. The van der Waals surface area contributed by atoms with Crippen LogP contribution < -0.4 is 5.32 Å². The second-order valence-corrected chi connectivity index (χ2v) is 7.57. The van der Waals surface area contributed by atoms with Crippen LogP contribution in [-0.2, 0) is 41.0 Å². The first-order valence-electron chi connectivity index (χ1n) is 7.73. The minimum atomic E-state index is -3.57. The number of aryl methyl sites for hydroxylation is 1. The number of sulfonamides is 1. The summed E-state index contributed by atoms with van der Waals surface area (Å²) in [6.45, 7) is 5.40. The standard InChI is InChI=1S/C14H20N6O3S/c1-3-18-10-14(8-16-18)24(22,23)19-4-5-20-13(9-19)6-12(17-20)7-15-11(2)21/h6,8,10H,3-5,7,9H2,1-2H3,(H,15,21). The molecule has 0 bridgehead atoms. The van der Waals surface area contributed by atoms with Crippen molar-refractivity contribution in [2.24, 2.45) is 0 Å². The normalized spacial score (nSPS) is 15.2. The summed E-state index contributed by atoms with van der Waals surface area (Å²) in [5, 5.41) is 11.1. The number of rotatable bonds is 5. The van der Waals surface area contributed by atoms with Crippen molar-refractivity contribution in [2.75, 3.05) is 6.54 Å². The maximum absolute atomic E-state index is 12.7. The molecule has 1 amide bonds. The van der Waals surface area contributed by atoms with E-state index in [1.54, 1.807) is 15.6 Å². The fourth-order valence-electron chi connectivity index (χ4n) is 2.61. The minimum absolute atomic E-state index is 0.127. The maximum atomic E-state index is 12.7. The highest BCUT2D eigenvalue weighted by Crippen LogP contribution is 2.21. The Balaban J connectivity index is 1.77. The molecule has 1 aliphatic rings. The van der Waals surface area contributed by atoms with Crippen molar-refractivity contribution >= 4 is 15.9 Å². The number of fused-ring (bicyclic) bond motifs is 1. The average molecular weight is 352 g/mol. The van der Waals surface area contributed by atoms with Gasteiger partial charge in [0, 0.05) is 26.2 Å². The molecule has 2 aromatic rings. The number of hydrogen-bond donors (Lipinski definition) is 1. The molecule has 0 aliphatic carbocycles. The molecule has 0 aromatic carbocycles. The van der Waals surface area contributed by atoms with Crippen LogP contribution in [0.5, 0.6) is 0 Å². The zero-order valence-electron chi connectivity index (χ0n) is 13.6. The van der Waals surface area contributed by atoms with E-state index >= 15 is 0 Å². The summed E-state index contributed by atoms with van der Waals surface area (Å²) in [6, 6.07) is 1.83. The lowest BCUT2D eigenvalue weighted by atomic mass is 10.3. The van der Waals surface area contributed by atoms with Crippen molar-refractivity contribution < 1.29 is 13.2 Å². The third-order valence-electron chi connectivity index (χ3n) is 3.90. The van der Waals surface area contributed by atoms with Crippen LogP contribution in [0.2, 0.25) is 0 Å². The summed E-state index contributed by atoms with van der Waals surface area (Å²) in [4.78, 5) is 11.2. The Morgan fingerprint density at radius 2 is 2.17 bits per heavy atom. The highest BCUT2D eigenvalue weighted by Gasteiger charge is 2.30. The van der Waals surface area contributed by atoms with Gasteiger partial charge in [-0.3, -0.25) is 14.2 Å². The number of carbonyl (C=O) groups is 1. The molecule has 0 fully saturated rings. The van der Waals surface area contributed by atoms with Gasteiger partial charge in [-0.05, 0) is 13.0 Å². The SMILES string of the molecule is CCn1cc(S(=O)(=O)N2CCn3nc(CNC(C)=O)cc3C2)cn1. The Hall–Kier alpha value is -2.20. The first-order chi connectivity index (χ1) is 11.4. The molecule has 3 rings (SSSR count). The monoisotopic (exact) mass is 352 g/mol. The van der Waals surface area contributed by atoms with Crippen molar-refractivity contribution in [3.05, 3.63) is 29.8 Å². The van der Waals surface area contributed by atoms with Gasteiger partial charge in [-0.25, -0.2) is 8.42 Å². The average Bonchev–Trinajstić information content (AvgIpc) is 3.18. The Kier molecular flexibility index (Phi) is 4.41. The zero-order valence-corrected chi connectivity index (χ0v) is 14.5. The van der Waals surface area contributed by atoms with Gasteiger partial charge in [0.1, 0.15) is 4.90 Å². The fraction of sp³-hybridized carbons (Fsp3) is 0.500. The summed E-state index contributed by atoms with van der Waals surface area (Å²) in [6.07, 6.45) is 2.93. The Labute approximate surface area is 140 Å². The van der Waals surface area contributed by atoms with E-state index in [0.29, 0.717) is 26.2 Å². The van der Waals surface area contributed by atoms with E-state index in [-0.39, 0.29) is 17.3 Å². The van der Waals surface area contributed by atoms with E-state index in [1.807, 2.05) is 13.0 Å². The third kappa shape index (κ3) is 3.20. The summed E-state index contributed by atoms with van der Waals surface area (Å²) in [5.74, 6) is -0.127. The van der Waals surface area contributed by atoms with E-state index in [4.69, 9.17) is 0 Å². The van der Waals surface area contributed by atoms with Crippen molar-refractivity contribution in [3.63, 3.8) is 0 Å². The van der Waals surface area contributed by atoms with E-state index < -0.39 is 10.0 Å². The van der Waals surface area contributed by atoms with E-state index in [1.165, 1.54) is 17.4 Å². The van der Waals surface area contributed by atoms with Crippen molar-refractivity contribution in [1.29, 1.82) is 0 Å². The van der Waals surface area contributed by atoms with E-state index in [9.17, 15) is 13.2 Å². The number of hydrogen-bond acceptors (Lipinski definition) is 5. The predicted molar refractivity (Wildman–Crippen MR) is 85.2 cm³/mol. The predicted octanol–water partition coefficient (Wildman–Crippen LogP) is -0.0599. The van der Waals surface area contributed by atoms with Gasteiger partial charge < -0.3 is 5.32 Å². The molecule has 130 valence electrons. The molecule has 10 heteroatoms. The molecule has 9 nitrogen and oxygen atoms in total. The van der Waals surface area contributed by atoms with E-state index in [0.717, 1.165) is 11.4 Å². The molecule has 0 atom stereocenters. The summed E-state index contributed by atoms with van der Waals surface area (Å²) in [7, 11) is -3.57. The Bertz CT molecular complexity index is 854. The molecule has 2 aromatic heterocycles. The van der Waals surface area contributed by atoms with Crippen LogP contribution in [0, 0.1) is 0 Å². The Morgan fingerprint density at radius 3 is 2.83 bits per heavy atom. The molecular weight excluding hydrogens is 332 g/mol. The van der Waals surface area contributed by atoms with Crippen LogP contribution in [-0.4, -0.2) is 44.7 Å². The van der Waals surface area contributed by atoms with Crippen molar-refractivity contribution in [1.82, 2.24) is 29.2 Å². The van der Waals surface area contributed by atoms with Crippen LogP contribution in [0.25, 0.3) is 0 Å². The first kappa shape index (κ1) is 16.7. The highest BCUT2D eigenvalue weighted by atomic mass is 32.2. The molecule has 1 aliphatic heterocycles. The number of nitrogens with one attached hydrogen (secondary N) is 1. The van der Waals surface area contributed by atoms with Gasteiger partial charge in [0.25, 0.3) is 0 Å². The van der Waals surface area contributed by atoms with Crippen LogP contribution in [0.3, 0.4) is 0 Å². The summed E-state index contributed by atoms with van der Waals surface area (Å²) < 4.78 is 30.3. The molecule has 1 N–H and O–H groups in total. The van der Waals surface area contributed by atoms with Gasteiger partial charge in [0.2, 0.25) is 15.9 Å². The molecule has 24 heavy (non-hydrogen) atoms. The minimum Gasteiger partial charge on any atom is -0.351 e. The molecule has 0 spiro atoms. The maximum Gasteiger partial charge on any atom is 0.246 e. The lowest BCUT2D eigenvalue weighted by Gasteiger charge is -2.26. The van der Waals surface area contributed by atoms with Gasteiger partial charge in [0.15, 0.2) is 0 Å². The topological polar surface area (TPSA) is 102 Å². The second-order valence-electron chi connectivity index (χ2n) is 5.63. The largest absolute Gasteiger partial charge is 0.351 e. The van der Waals surface area contributed by atoms with E-state index in [2.05, 4.69) is 15.5 Å². The lowest BCUT2D eigenvalue weighted by molar-refractivity contribution is -0.119. The van der Waals surface area contributed by atoms with Gasteiger partial charge in [-0.2, -0.15) is 14.5 Å². The molecule has 0 saturated carbocycles. The smallest absolute Gasteiger partial charge is 0.246 e. The lowest BCUT2D eigenvalue weighted by Crippen LogP contribution is -2.38. The molecule has 0 saturated heterocycles. The van der Waals surface area contributed by atoms with Gasteiger partial charge >= 0.3 is 0 Å². The third-order valence-corrected chi connectivity index (χ3v) is 5.70. The van der Waals surface area contributed by atoms with Crippen LogP contribution >= 0.6 is 0 Å². The number of amides is 1. The molecular formula is C14H20N6O3S. The van der Waals surface area contributed by atoms with Crippen molar-refractivity contribution in [2.45, 2.75) is 44.9 Å². The second kappa shape index (κ2) is 6.36. The first-order valence-corrected chi connectivity index (χ1v) is 9.17. The van der Waals surface area contributed by atoms with Crippen LogP contribution in [0.4, 0.5) is 0 Å². The number of nitrogens with zero attached hydrogens (tertiary/aromatic N) is 5. The van der Waals surface area contributed by atoms with Gasteiger partial charge in [-0.1, -0.05) is 0 Å². The van der Waals surface area contributed by atoms with Gasteiger partial charge in [0.05, 0.1) is 37.2 Å². The Morgan fingerprint density at radius 1 is 1.38 bits per heavy atom. The number of aromatic nitrogens is 4. The zero-order chi connectivity index (χ0) is 17.3. The molecule has 0 radical (unpaired) electrons. The van der Waals surface area contributed by atoms with Gasteiger partial charge in [-0.15, -0.1) is 0 Å². The summed E-state index contributed by atoms with van der Waals surface area (Å²) in [5.41, 5.74) is 1.53. The van der Waals surface area contributed by atoms with Crippen molar-refractivity contribution in [3.8, 4) is 0 Å². The fourth-order valence-corrected chi connectivity index (χ4v) is 3.97. The van der Waals surface area contributed by atoms with Crippen LogP contribution in [0.1, 0.15) is 25.2 Å².